The third kappa shape index (κ3) is 1.76. The molecule has 0 fully saturated rings. The number of thiophene rings is 1. The Labute approximate surface area is 112 Å². The number of fused-ring (bicyclic) bond motifs is 1. The summed E-state index contributed by atoms with van der Waals surface area (Å²) in [6.07, 6.45) is 0. The molecular weight excluding hydrogens is 264 g/mol. The van der Waals surface area contributed by atoms with Crippen molar-refractivity contribution >= 4 is 21.6 Å². The lowest BCUT2D eigenvalue weighted by molar-refractivity contribution is 0.549. The summed E-state index contributed by atoms with van der Waals surface area (Å²) in [5, 5.41) is 2.35. The standard InChI is InChI=1S/C13H12N2O3S/c1-3-15-12(16)10-8(9-5-4-7(2)18-9)6-19-11(10)14-13(15)17/h4-6H,3H2,1-2H3,(H,14,17). The summed E-state index contributed by atoms with van der Waals surface area (Å²) in [7, 11) is 0. The van der Waals surface area contributed by atoms with Crippen molar-refractivity contribution in [2.24, 2.45) is 0 Å². The van der Waals surface area contributed by atoms with Crippen LogP contribution in [0.3, 0.4) is 0 Å². The van der Waals surface area contributed by atoms with Crippen LogP contribution in [0.5, 0.6) is 0 Å². The molecule has 0 saturated carbocycles. The molecule has 0 saturated heterocycles. The molecule has 0 aromatic carbocycles. The first-order valence-electron chi connectivity index (χ1n) is 5.93. The van der Waals surface area contributed by atoms with Crippen LogP contribution in [-0.2, 0) is 6.54 Å². The van der Waals surface area contributed by atoms with E-state index in [-0.39, 0.29) is 11.2 Å². The Morgan fingerprint density at radius 3 is 2.79 bits per heavy atom. The summed E-state index contributed by atoms with van der Waals surface area (Å²) in [4.78, 5) is 27.4. The van der Waals surface area contributed by atoms with Crippen molar-refractivity contribution in [2.75, 3.05) is 0 Å². The molecule has 6 heteroatoms. The van der Waals surface area contributed by atoms with Crippen LogP contribution in [0, 0.1) is 6.92 Å². The van der Waals surface area contributed by atoms with Gasteiger partial charge in [-0.15, -0.1) is 11.3 Å². The first-order chi connectivity index (χ1) is 9.11. The van der Waals surface area contributed by atoms with E-state index in [1.807, 2.05) is 24.4 Å². The number of hydrogen-bond donors (Lipinski definition) is 1. The van der Waals surface area contributed by atoms with E-state index >= 15 is 0 Å². The number of aromatic amines is 1. The molecule has 1 N–H and O–H groups in total. The summed E-state index contributed by atoms with van der Waals surface area (Å²) in [5.74, 6) is 1.44. The van der Waals surface area contributed by atoms with Crippen LogP contribution in [0.4, 0.5) is 0 Å². The molecule has 0 unspecified atom stereocenters. The molecule has 0 spiro atoms. The van der Waals surface area contributed by atoms with Crippen LogP contribution in [0.25, 0.3) is 21.5 Å². The van der Waals surface area contributed by atoms with Crippen molar-refractivity contribution in [2.45, 2.75) is 20.4 Å². The zero-order valence-electron chi connectivity index (χ0n) is 10.5. The zero-order chi connectivity index (χ0) is 13.6. The van der Waals surface area contributed by atoms with E-state index < -0.39 is 0 Å². The van der Waals surface area contributed by atoms with Gasteiger partial charge in [0.25, 0.3) is 5.56 Å². The van der Waals surface area contributed by atoms with Gasteiger partial charge in [-0.05, 0) is 26.0 Å². The van der Waals surface area contributed by atoms with E-state index in [9.17, 15) is 9.59 Å². The molecule has 0 amide bonds. The molecule has 3 aromatic heterocycles. The molecule has 0 aliphatic carbocycles. The third-order valence-electron chi connectivity index (χ3n) is 3.04. The molecule has 3 heterocycles. The second-order valence-electron chi connectivity index (χ2n) is 4.24. The second-order valence-corrected chi connectivity index (χ2v) is 5.12. The van der Waals surface area contributed by atoms with Gasteiger partial charge in [-0.25, -0.2) is 4.79 Å². The summed E-state index contributed by atoms with van der Waals surface area (Å²) < 4.78 is 6.75. The van der Waals surface area contributed by atoms with Crippen molar-refractivity contribution in [1.29, 1.82) is 0 Å². The van der Waals surface area contributed by atoms with Gasteiger partial charge in [0.05, 0.1) is 5.39 Å². The number of H-pyrrole nitrogens is 1. The summed E-state index contributed by atoms with van der Waals surface area (Å²) in [5.41, 5.74) is 0.0899. The SMILES string of the molecule is CCn1c(=O)[nH]c2scc(-c3ccc(C)o3)c2c1=O. The predicted octanol–water partition coefficient (Wildman–Crippen LogP) is 2.34. The number of rotatable bonds is 2. The molecular formula is C13H12N2O3S. The molecule has 0 bridgehead atoms. The van der Waals surface area contributed by atoms with Gasteiger partial charge in [0.2, 0.25) is 0 Å². The van der Waals surface area contributed by atoms with Gasteiger partial charge in [-0.3, -0.25) is 14.3 Å². The highest BCUT2D eigenvalue weighted by Gasteiger charge is 2.16. The summed E-state index contributed by atoms with van der Waals surface area (Å²) in [6.45, 7) is 3.96. The van der Waals surface area contributed by atoms with Crippen molar-refractivity contribution in [3.8, 4) is 11.3 Å². The Kier molecular flexibility index (Phi) is 2.67. The molecule has 0 aliphatic rings. The average Bonchev–Trinajstić information content (AvgIpc) is 2.95. The van der Waals surface area contributed by atoms with Crippen LogP contribution in [0.1, 0.15) is 12.7 Å². The van der Waals surface area contributed by atoms with E-state index in [1.165, 1.54) is 15.9 Å². The van der Waals surface area contributed by atoms with Gasteiger partial charge in [0, 0.05) is 17.5 Å². The molecule has 19 heavy (non-hydrogen) atoms. The maximum absolute atomic E-state index is 12.4. The summed E-state index contributed by atoms with van der Waals surface area (Å²) >= 11 is 1.34. The van der Waals surface area contributed by atoms with Gasteiger partial charge in [-0.1, -0.05) is 0 Å². The van der Waals surface area contributed by atoms with E-state index in [0.717, 1.165) is 11.3 Å². The number of furan rings is 1. The Bertz CT molecular complexity index is 866. The Morgan fingerprint density at radius 1 is 1.37 bits per heavy atom. The van der Waals surface area contributed by atoms with E-state index in [2.05, 4.69) is 4.98 Å². The lowest BCUT2D eigenvalue weighted by Crippen LogP contribution is -2.34. The number of aromatic nitrogens is 2. The molecule has 0 radical (unpaired) electrons. The topological polar surface area (TPSA) is 68.0 Å². The fourth-order valence-electron chi connectivity index (χ4n) is 2.10. The molecule has 5 nitrogen and oxygen atoms in total. The van der Waals surface area contributed by atoms with Gasteiger partial charge in [0.15, 0.2) is 0 Å². The maximum Gasteiger partial charge on any atom is 0.329 e. The zero-order valence-corrected chi connectivity index (χ0v) is 11.3. The molecule has 3 aromatic rings. The van der Waals surface area contributed by atoms with Crippen LogP contribution in [0.15, 0.2) is 31.5 Å². The molecule has 0 aliphatic heterocycles. The Balaban J connectivity index is 2.40. The first-order valence-corrected chi connectivity index (χ1v) is 6.81. The molecule has 3 rings (SSSR count). The minimum absolute atomic E-state index is 0.272. The Morgan fingerprint density at radius 2 is 2.16 bits per heavy atom. The number of nitrogens with zero attached hydrogens (tertiary/aromatic N) is 1. The lowest BCUT2D eigenvalue weighted by Gasteiger charge is -2.01. The molecule has 0 atom stereocenters. The summed E-state index contributed by atoms with van der Waals surface area (Å²) in [6, 6.07) is 3.68. The van der Waals surface area contributed by atoms with Crippen molar-refractivity contribution in [1.82, 2.24) is 9.55 Å². The largest absolute Gasteiger partial charge is 0.461 e. The van der Waals surface area contributed by atoms with Crippen LogP contribution in [0.2, 0.25) is 0 Å². The number of hydrogen-bond acceptors (Lipinski definition) is 4. The second kappa shape index (κ2) is 4.24. The van der Waals surface area contributed by atoms with Crippen LogP contribution >= 0.6 is 11.3 Å². The van der Waals surface area contributed by atoms with Crippen molar-refractivity contribution in [3.63, 3.8) is 0 Å². The first kappa shape index (κ1) is 12.0. The minimum atomic E-state index is -0.371. The minimum Gasteiger partial charge on any atom is -0.461 e. The Hall–Kier alpha value is -2.08. The van der Waals surface area contributed by atoms with E-state index in [4.69, 9.17) is 4.42 Å². The van der Waals surface area contributed by atoms with Gasteiger partial charge in [0.1, 0.15) is 16.4 Å². The smallest absolute Gasteiger partial charge is 0.329 e. The van der Waals surface area contributed by atoms with Crippen molar-refractivity contribution < 1.29 is 4.42 Å². The van der Waals surface area contributed by atoms with Crippen molar-refractivity contribution in [3.05, 3.63) is 44.1 Å². The van der Waals surface area contributed by atoms with Crippen LogP contribution < -0.4 is 11.2 Å². The normalized spacial score (nSPS) is 11.3. The fraction of sp³-hybridized carbons (Fsp3) is 0.231. The lowest BCUT2D eigenvalue weighted by atomic mass is 10.2. The monoisotopic (exact) mass is 276 g/mol. The highest BCUT2D eigenvalue weighted by atomic mass is 32.1. The highest BCUT2D eigenvalue weighted by Crippen LogP contribution is 2.31. The quantitative estimate of drug-likeness (QED) is 0.781. The molecule has 98 valence electrons. The van der Waals surface area contributed by atoms with Gasteiger partial charge < -0.3 is 4.42 Å². The van der Waals surface area contributed by atoms with E-state index in [0.29, 0.717) is 22.5 Å². The predicted molar refractivity (Wildman–Crippen MR) is 74.8 cm³/mol. The van der Waals surface area contributed by atoms with Gasteiger partial charge >= 0.3 is 5.69 Å². The highest BCUT2D eigenvalue weighted by molar-refractivity contribution is 7.17. The fourth-order valence-corrected chi connectivity index (χ4v) is 3.03. The van der Waals surface area contributed by atoms with Crippen LogP contribution in [-0.4, -0.2) is 9.55 Å². The average molecular weight is 276 g/mol. The van der Waals surface area contributed by atoms with Gasteiger partial charge in [-0.2, -0.15) is 0 Å². The number of aryl methyl sites for hydroxylation is 1. The maximum atomic E-state index is 12.4. The van der Waals surface area contributed by atoms with E-state index in [1.54, 1.807) is 6.92 Å². The third-order valence-corrected chi connectivity index (χ3v) is 3.93. The number of nitrogens with one attached hydrogen (secondary N) is 1.